The Balaban J connectivity index is 1.79. The number of aryl methyl sites for hydroxylation is 1. The van der Waals surface area contributed by atoms with Crippen LogP contribution in [0.2, 0.25) is 0 Å². The summed E-state index contributed by atoms with van der Waals surface area (Å²) in [7, 11) is -3.64. The number of anilines is 2. The topological polar surface area (TPSA) is 121 Å². The van der Waals surface area contributed by atoms with Gasteiger partial charge < -0.3 is 10.2 Å². The minimum Gasteiger partial charge on any atom is -0.331 e. The van der Waals surface area contributed by atoms with Crippen molar-refractivity contribution in [1.29, 1.82) is 0 Å². The summed E-state index contributed by atoms with van der Waals surface area (Å²) in [6, 6.07) is 1.91. The minimum absolute atomic E-state index is 0.0365. The van der Waals surface area contributed by atoms with Crippen LogP contribution >= 0.6 is 11.3 Å². The number of thiazole rings is 1. The molecular weight excluding hydrogens is 426 g/mol. The van der Waals surface area contributed by atoms with E-state index in [1.54, 1.807) is 11.8 Å². The second kappa shape index (κ2) is 7.31. The summed E-state index contributed by atoms with van der Waals surface area (Å²) < 4.78 is 26.3. The van der Waals surface area contributed by atoms with E-state index in [0.29, 0.717) is 39.4 Å². The van der Waals surface area contributed by atoms with Gasteiger partial charge in [-0.1, -0.05) is 11.3 Å². The molecule has 160 valence electrons. The van der Waals surface area contributed by atoms with Crippen LogP contribution in [-0.2, 0) is 21.4 Å². The standard InChI is InChI=1S/C19H23N5O4S2/c1-9-16(29-19(20-9)21-11(3)25)14-7-13-8-24(10(2)12-5-6-12)18(26)15(13)17(22-14)23-30(4,27)28/h7,10,12H,5-6,8H2,1-4H3,(H,22,23)(H,20,21,25)/t10-/m0/s1. The van der Waals surface area contributed by atoms with E-state index < -0.39 is 10.0 Å². The van der Waals surface area contributed by atoms with Gasteiger partial charge in [-0.3, -0.25) is 14.3 Å². The van der Waals surface area contributed by atoms with Gasteiger partial charge in [0, 0.05) is 19.5 Å². The lowest BCUT2D eigenvalue weighted by molar-refractivity contribution is -0.114. The van der Waals surface area contributed by atoms with E-state index in [0.717, 1.165) is 24.7 Å². The number of hydrogen-bond donors (Lipinski definition) is 2. The van der Waals surface area contributed by atoms with Gasteiger partial charge in [0.05, 0.1) is 28.1 Å². The average molecular weight is 450 g/mol. The Labute approximate surface area is 179 Å². The molecule has 30 heavy (non-hydrogen) atoms. The minimum atomic E-state index is -3.64. The summed E-state index contributed by atoms with van der Waals surface area (Å²) in [5.74, 6) is 0.0989. The molecule has 2 amide bonds. The smallest absolute Gasteiger partial charge is 0.258 e. The predicted molar refractivity (Wildman–Crippen MR) is 115 cm³/mol. The van der Waals surface area contributed by atoms with Gasteiger partial charge in [0.2, 0.25) is 15.9 Å². The third-order valence-electron chi connectivity index (χ3n) is 5.31. The van der Waals surface area contributed by atoms with Crippen molar-refractivity contribution >= 4 is 44.1 Å². The third kappa shape index (κ3) is 4.04. The zero-order chi connectivity index (χ0) is 21.8. The van der Waals surface area contributed by atoms with Gasteiger partial charge in [0.15, 0.2) is 10.9 Å². The van der Waals surface area contributed by atoms with Gasteiger partial charge in [-0.15, -0.1) is 0 Å². The maximum Gasteiger partial charge on any atom is 0.258 e. The molecular formula is C19H23N5O4S2. The average Bonchev–Trinajstić information content (AvgIpc) is 3.33. The molecule has 4 rings (SSSR count). The second-order valence-corrected chi connectivity index (χ2v) is 10.6. The number of rotatable bonds is 6. The van der Waals surface area contributed by atoms with Crippen LogP contribution in [-0.4, -0.2) is 47.4 Å². The number of carbonyl (C=O) groups is 2. The van der Waals surface area contributed by atoms with Crippen molar-refractivity contribution in [2.45, 2.75) is 46.2 Å². The first-order valence-electron chi connectivity index (χ1n) is 9.61. The van der Waals surface area contributed by atoms with Crippen molar-refractivity contribution in [2.24, 2.45) is 5.92 Å². The highest BCUT2D eigenvalue weighted by atomic mass is 32.2. The number of pyridine rings is 1. The molecule has 0 radical (unpaired) electrons. The number of aromatic nitrogens is 2. The van der Waals surface area contributed by atoms with Crippen LogP contribution in [0.1, 0.15) is 48.3 Å². The molecule has 0 spiro atoms. The van der Waals surface area contributed by atoms with Crippen LogP contribution in [0.25, 0.3) is 10.6 Å². The zero-order valence-electron chi connectivity index (χ0n) is 17.1. The molecule has 0 aromatic carbocycles. The Morgan fingerprint density at radius 3 is 2.63 bits per heavy atom. The lowest BCUT2D eigenvalue weighted by Crippen LogP contribution is -2.35. The Hall–Kier alpha value is -2.53. The van der Waals surface area contributed by atoms with Gasteiger partial charge in [0.25, 0.3) is 5.91 Å². The number of fused-ring (bicyclic) bond motifs is 1. The normalized spacial score (nSPS) is 17.1. The highest BCUT2D eigenvalue weighted by molar-refractivity contribution is 7.92. The van der Waals surface area contributed by atoms with E-state index in [9.17, 15) is 18.0 Å². The first-order chi connectivity index (χ1) is 14.0. The highest BCUT2D eigenvalue weighted by Gasteiger charge is 2.40. The fourth-order valence-corrected chi connectivity index (χ4v) is 5.20. The van der Waals surface area contributed by atoms with Crippen LogP contribution < -0.4 is 10.0 Å². The summed E-state index contributed by atoms with van der Waals surface area (Å²) in [5.41, 5.74) is 2.22. The summed E-state index contributed by atoms with van der Waals surface area (Å²) in [6.45, 7) is 5.64. The number of nitrogens with zero attached hydrogens (tertiary/aromatic N) is 3. The number of carbonyl (C=O) groups excluding carboxylic acids is 2. The van der Waals surface area contributed by atoms with Crippen LogP contribution in [0.3, 0.4) is 0 Å². The summed E-state index contributed by atoms with van der Waals surface area (Å²) in [5, 5.41) is 3.10. The van der Waals surface area contributed by atoms with Crippen molar-refractivity contribution in [1.82, 2.24) is 14.9 Å². The number of hydrogen-bond acceptors (Lipinski definition) is 7. The van der Waals surface area contributed by atoms with Gasteiger partial charge in [-0.05, 0) is 44.2 Å². The van der Waals surface area contributed by atoms with Crippen molar-refractivity contribution in [3.05, 3.63) is 22.9 Å². The molecule has 1 atom stereocenters. The molecule has 1 aliphatic carbocycles. The van der Waals surface area contributed by atoms with Crippen molar-refractivity contribution in [3.63, 3.8) is 0 Å². The molecule has 1 saturated carbocycles. The molecule has 2 N–H and O–H groups in total. The van der Waals surface area contributed by atoms with Gasteiger partial charge in [-0.2, -0.15) is 0 Å². The fourth-order valence-electron chi connectivity index (χ4n) is 3.73. The number of amides is 2. The Bertz CT molecular complexity index is 1150. The van der Waals surface area contributed by atoms with E-state index in [4.69, 9.17) is 0 Å². The largest absolute Gasteiger partial charge is 0.331 e. The molecule has 0 saturated heterocycles. The molecule has 9 nitrogen and oxygen atoms in total. The quantitative estimate of drug-likeness (QED) is 0.699. The summed E-state index contributed by atoms with van der Waals surface area (Å²) >= 11 is 1.25. The molecule has 2 aromatic rings. The van der Waals surface area contributed by atoms with Crippen LogP contribution in [0.4, 0.5) is 10.9 Å². The maximum atomic E-state index is 13.1. The van der Waals surface area contributed by atoms with E-state index in [-0.39, 0.29) is 23.7 Å². The van der Waals surface area contributed by atoms with E-state index in [2.05, 4.69) is 20.0 Å². The van der Waals surface area contributed by atoms with Gasteiger partial charge in [0.1, 0.15) is 0 Å². The number of sulfonamides is 1. The maximum absolute atomic E-state index is 13.1. The molecule has 1 fully saturated rings. The SMILES string of the molecule is CC(=O)Nc1nc(C)c(-c2cc3c(c(NS(C)(=O)=O)n2)C(=O)N([C@@H](C)C2CC2)C3)s1. The molecule has 0 unspecified atom stereocenters. The van der Waals surface area contributed by atoms with Crippen LogP contribution in [0.15, 0.2) is 6.07 Å². The zero-order valence-corrected chi connectivity index (χ0v) is 18.8. The number of nitrogens with one attached hydrogen (secondary N) is 2. The highest BCUT2D eigenvalue weighted by Crippen LogP contribution is 2.41. The summed E-state index contributed by atoms with van der Waals surface area (Å²) in [6.07, 6.45) is 3.24. The molecule has 2 aliphatic rings. The van der Waals surface area contributed by atoms with E-state index in [1.807, 2.05) is 13.0 Å². The van der Waals surface area contributed by atoms with Gasteiger partial charge in [-0.25, -0.2) is 18.4 Å². The first kappa shape index (κ1) is 20.7. The van der Waals surface area contributed by atoms with Crippen molar-refractivity contribution in [3.8, 4) is 10.6 Å². The van der Waals surface area contributed by atoms with Crippen LogP contribution in [0.5, 0.6) is 0 Å². The van der Waals surface area contributed by atoms with Crippen LogP contribution in [0, 0.1) is 12.8 Å². The second-order valence-electron chi connectivity index (χ2n) is 7.89. The van der Waals surface area contributed by atoms with Crippen molar-refractivity contribution < 1.29 is 18.0 Å². The molecule has 1 aliphatic heterocycles. The van der Waals surface area contributed by atoms with Gasteiger partial charge >= 0.3 is 0 Å². The fraction of sp³-hybridized carbons (Fsp3) is 0.474. The van der Waals surface area contributed by atoms with Crippen molar-refractivity contribution in [2.75, 3.05) is 16.3 Å². The molecule has 2 aromatic heterocycles. The Morgan fingerprint density at radius 1 is 1.33 bits per heavy atom. The lowest BCUT2D eigenvalue weighted by Gasteiger charge is -2.24. The lowest BCUT2D eigenvalue weighted by atomic mass is 10.1. The molecule has 3 heterocycles. The Kier molecular flexibility index (Phi) is 5.05. The molecule has 11 heteroatoms. The monoisotopic (exact) mass is 449 g/mol. The Morgan fingerprint density at radius 2 is 2.03 bits per heavy atom. The van der Waals surface area contributed by atoms with E-state index >= 15 is 0 Å². The predicted octanol–water partition coefficient (Wildman–Crippen LogP) is 2.60. The third-order valence-corrected chi connectivity index (χ3v) is 6.97. The molecule has 0 bridgehead atoms. The van der Waals surface area contributed by atoms with E-state index in [1.165, 1.54) is 18.3 Å². The summed E-state index contributed by atoms with van der Waals surface area (Å²) in [4.78, 5) is 35.8. The first-order valence-corrected chi connectivity index (χ1v) is 12.3.